The number of hydrogen-bond donors (Lipinski definition) is 0. The van der Waals surface area contributed by atoms with Gasteiger partial charge < -0.3 is 4.74 Å². The van der Waals surface area contributed by atoms with Crippen molar-refractivity contribution in [2.45, 2.75) is 38.4 Å². The van der Waals surface area contributed by atoms with Gasteiger partial charge in [-0.1, -0.05) is 48.8 Å². The van der Waals surface area contributed by atoms with Crippen molar-refractivity contribution in [3.8, 4) is 5.75 Å². The second-order valence-corrected chi connectivity index (χ2v) is 8.39. The first-order chi connectivity index (χ1) is 8.94. The van der Waals surface area contributed by atoms with E-state index in [9.17, 15) is 0 Å². The molecule has 1 nitrogen and oxygen atoms in total. The zero-order chi connectivity index (χ0) is 14.3. The van der Waals surface area contributed by atoms with Crippen molar-refractivity contribution in [2.75, 3.05) is 18.2 Å². The highest BCUT2D eigenvalue weighted by atomic mass is 79.9. The van der Waals surface area contributed by atoms with Crippen LogP contribution in [0, 0.1) is 5.92 Å². The van der Waals surface area contributed by atoms with Crippen molar-refractivity contribution in [2.24, 2.45) is 5.92 Å². The maximum absolute atomic E-state index is 5.19. The molecule has 0 saturated heterocycles. The molecular formula is C16H25BrOS. The van der Waals surface area contributed by atoms with Crippen molar-refractivity contribution in [1.82, 2.24) is 0 Å². The molecule has 0 aliphatic carbocycles. The van der Waals surface area contributed by atoms with E-state index in [-0.39, 0.29) is 0 Å². The van der Waals surface area contributed by atoms with E-state index in [1.807, 2.05) is 12.1 Å². The molecule has 0 heterocycles. The molecule has 1 rings (SSSR count). The number of alkyl halides is 1. The summed E-state index contributed by atoms with van der Waals surface area (Å²) in [6.07, 6.45) is 2.40. The molecule has 1 atom stereocenters. The van der Waals surface area contributed by atoms with E-state index in [4.69, 9.17) is 4.74 Å². The number of ether oxygens (including phenoxy) is 1. The highest BCUT2D eigenvalue weighted by molar-refractivity contribution is 9.09. The number of rotatable bonds is 7. The van der Waals surface area contributed by atoms with Crippen LogP contribution in [0.5, 0.6) is 5.75 Å². The van der Waals surface area contributed by atoms with E-state index in [2.05, 4.69) is 60.6 Å². The first-order valence-electron chi connectivity index (χ1n) is 6.77. The Morgan fingerprint density at radius 2 is 1.84 bits per heavy atom. The predicted molar refractivity (Wildman–Crippen MR) is 90.8 cm³/mol. The lowest BCUT2D eigenvalue weighted by atomic mass is 9.99. The molecule has 0 N–H and O–H groups in total. The van der Waals surface area contributed by atoms with Crippen molar-refractivity contribution in [1.29, 1.82) is 0 Å². The minimum Gasteiger partial charge on any atom is -0.497 e. The summed E-state index contributed by atoms with van der Waals surface area (Å²) in [5.74, 6) is 2.88. The summed E-state index contributed by atoms with van der Waals surface area (Å²) in [6, 6.07) is 8.44. The first-order valence-corrected chi connectivity index (χ1v) is 8.88. The van der Waals surface area contributed by atoms with Crippen LogP contribution in [0.3, 0.4) is 0 Å². The third-order valence-electron chi connectivity index (χ3n) is 2.96. The van der Waals surface area contributed by atoms with Crippen LogP contribution in [0.2, 0.25) is 0 Å². The predicted octanol–water partition coefficient (Wildman–Crippen LogP) is 5.17. The summed E-state index contributed by atoms with van der Waals surface area (Å²) in [5, 5.41) is 1.07. The highest BCUT2D eigenvalue weighted by Crippen LogP contribution is 2.26. The lowest BCUT2D eigenvalue weighted by Gasteiger charge is -2.20. The molecule has 0 fully saturated rings. The van der Waals surface area contributed by atoms with Gasteiger partial charge in [-0.05, 0) is 42.2 Å². The lowest BCUT2D eigenvalue weighted by molar-refractivity contribution is 0.414. The number of thioether (sulfide) groups is 1. The lowest BCUT2D eigenvalue weighted by Crippen LogP contribution is -2.12. The topological polar surface area (TPSA) is 9.23 Å². The summed E-state index contributed by atoms with van der Waals surface area (Å²) >= 11 is 5.70. The molecule has 0 spiro atoms. The number of hydrogen-bond acceptors (Lipinski definition) is 2. The van der Waals surface area contributed by atoms with Gasteiger partial charge in [0.2, 0.25) is 0 Å². The van der Waals surface area contributed by atoms with Crippen molar-refractivity contribution in [3.63, 3.8) is 0 Å². The van der Waals surface area contributed by atoms with Gasteiger partial charge in [-0.25, -0.2) is 0 Å². The van der Waals surface area contributed by atoms with E-state index >= 15 is 0 Å². The zero-order valence-corrected chi connectivity index (χ0v) is 14.8. The number of benzene rings is 1. The Hall–Kier alpha value is -0.150. The molecule has 108 valence electrons. The maximum Gasteiger partial charge on any atom is 0.118 e. The molecular weight excluding hydrogens is 320 g/mol. The third kappa shape index (κ3) is 7.26. The summed E-state index contributed by atoms with van der Waals surface area (Å²) < 4.78 is 5.56. The minimum absolute atomic E-state index is 0.372. The van der Waals surface area contributed by atoms with Crippen molar-refractivity contribution in [3.05, 3.63) is 29.8 Å². The van der Waals surface area contributed by atoms with Crippen LogP contribution >= 0.6 is 27.7 Å². The molecule has 0 amide bonds. The normalized spacial score (nSPS) is 13.3. The average molecular weight is 345 g/mol. The Morgan fingerprint density at radius 1 is 1.21 bits per heavy atom. The number of methoxy groups -OCH3 is 1. The average Bonchev–Trinajstić information content (AvgIpc) is 2.37. The SMILES string of the molecule is COc1ccc(CC(CBr)CCSC(C)(C)C)cc1. The van der Waals surface area contributed by atoms with Crippen molar-refractivity contribution >= 4 is 27.7 Å². The molecule has 1 unspecified atom stereocenters. The second kappa shape index (κ2) is 8.21. The summed E-state index contributed by atoms with van der Waals surface area (Å²) in [7, 11) is 1.71. The highest BCUT2D eigenvalue weighted by Gasteiger charge is 2.13. The smallest absolute Gasteiger partial charge is 0.118 e. The largest absolute Gasteiger partial charge is 0.497 e. The fourth-order valence-electron chi connectivity index (χ4n) is 1.86. The van der Waals surface area contributed by atoms with E-state index < -0.39 is 0 Å². The third-order valence-corrected chi connectivity index (χ3v) is 5.18. The molecule has 19 heavy (non-hydrogen) atoms. The zero-order valence-electron chi connectivity index (χ0n) is 12.4. The second-order valence-electron chi connectivity index (χ2n) is 5.82. The van der Waals surface area contributed by atoms with E-state index in [1.165, 1.54) is 17.7 Å². The van der Waals surface area contributed by atoms with Gasteiger partial charge in [0.15, 0.2) is 0 Å². The van der Waals surface area contributed by atoms with Crippen LogP contribution in [-0.2, 0) is 6.42 Å². The van der Waals surface area contributed by atoms with Crippen LogP contribution < -0.4 is 4.74 Å². The van der Waals surface area contributed by atoms with Crippen LogP contribution in [0.25, 0.3) is 0 Å². The fourth-order valence-corrected chi connectivity index (χ4v) is 3.48. The molecule has 1 aromatic carbocycles. The van der Waals surface area contributed by atoms with E-state index in [1.54, 1.807) is 7.11 Å². The van der Waals surface area contributed by atoms with Gasteiger partial charge in [-0.15, -0.1) is 0 Å². The molecule has 3 heteroatoms. The van der Waals surface area contributed by atoms with Crippen LogP contribution in [0.15, 0.2) is 24.3 Å². The number of halogens is 1. The first kappa shape index (κ1) is 16.9. The summed E-state index contributed by atoms with van der Waals surface area (Å²) in [4.78, 5) is 0. The van der Waals surface area contributed by atoms with Crippen LogP contribution in [0.4, 0.5) is 0 Å². The Labute approximate surface area is 130 Å². The Kier molecular flexibility index (Phi) is 7.30. The Balaban J connectivity index is 2.42. The summed E-state index contributed by atoms with van der Waals surface area (Å²) in [6.45, 7) is 6.85. The van der Waals surface area contributed by atoms with Gasteiger partial charge >= 0.3 is 0 Å². The Bertz CT molecular complexity index is 356. The van der Waals surface area contributed by atoms with Crippen LogP contribution in [0.1, 0.15) is 32.8 Å². The maximum atomic E-state index is 5.19. The molecule has 0 bridgehead atoms. The van der Waals surface area contributed by atoms with E-state index in [0.29, 0.717) is 10.7 Å². The van der Waals surface area contributed by atoms with E-state index in [0.717, 1.165) is 17.5 Å². The van der Waals surface area contributed by atoms with Gasteiger partial charge in [-0.2, -0.15) is 11.8 Å². The Morgan fingerprint density at radius 3 is 2.32 bits per heavy atom. The molecule has 1 aromatic rings. The summed E-state index contributed by atoms with van der Waals surface area (Å²) in [5.41, 5.74) is 1.39. The van der Waals surface area contributed by atoms with Crippen molar-refractivity contribution < 1.29 is 4.74 Å². The molecule has 0 aliphatic heterocycles. The van der Waals surface area contributed by atoms with Gasteiger partial charge in [-0.3, -0.25) is 0 Å². The standard InChI is InChI=1S/C16H25BrOS/c1-16(2,3)19-10-9-14(12-17)11-13-5-7-15(18-4)8-6-13/h5-8,14H,9-12H2,1-4H3. The fraction of sp³-hybridized carbons (Fsp3) is 0.625. The molecule has 0 saturated carbocycles. The van der Waals surface area contributed by atoms with Gasteiger partial charge in [0.05, 0.1) is 7.11 Å². The van der Waals surface area contributed by atoms with Gasteiger partial charge in [0.1, 0.15) is 5.75 Å². The molecule has 0 aliphatic rings. The molecule has 0 aromatic heterocycles. The van der Waals surface area contributed by atoms with Gasteiger partial charge in [0, 0.05) is 10.1 Å². The van der Waals surface area contributed by atoms with Gasteiger partial charge in [0.25, 0.3) is 0 Å². The quantitative estimate of drug-likeness (QED) is 0.631. The minimum atomic E-state index is 0.372. The van der Waals surface area contributed by atoms with Crippen LogP contribution in [-0.4, -0.2) is 22.9 Å². The molecule has 0 radical (unpaired) electrons. The monoisotopic (exact) mass is 344 g/mol.